The number of aliphatic hydroxyl groups is 1. The van der Waals surface area contributed by atoms with Crippen LogP contribution >= 0.6 is 0 Å². The smallest absolute Gasteiger partial charge is 0.0557 e. The van der Waals surface area contributed by atoms with E-state index in [0.717, 1.165) is 19.5 Å². The molecule has 3 heteroatoms. The van der Waals surface area contributed by atoms with Gasteiger partial charge in [0.2, 0.25) is 0 Å². The van der Waals surface area contributed by atoms with E-state index in [0.29, 0.717) is 0 Å². The van der Waals surface area contributed by atoms with Crippen LogP contribution in [0, 0.1) is 5.92 Å². The molecule has 1 saturated heterocycles. The molecule has 20 heavy (non-hydrogen) atoms. The Kier molecular flexibility index (Phi) is 4.40. The van der Waals surface area contributed by atoms with Crippen molar-refractivity contribution in [2.75, 3.05) is 18.0 Å². The van der Waals surface area contributed by atoms with Crippen LogP contribution in [0.4, 0.5) is 5.69 Å². The van der Waals surface area contributed by atoms with Gasteiger partial charge in [-0.3, -0.25) is 0 Å². The van der Waals surface area contributed by atoms with Gasteiger partial charge in [0.1, 0.15) is 0 Å². The van der Waals surface area contributed by atoms with Crippen LogP contribution in [0.2, 0.25) is 0 Å². The topological polar surface area (TPSA) is 49.5 Å². The minimum Gasteiger partial charge on any atom is -0.393 e. The highest BCUT2D eigenvalue weighted by Crippen LogP contribution is 2.28. The predicted molar refractivity (Wildman–Crippen MR) is 85.1 cm³/mol. The van der Waals surface area contributed by atoms with E-state index in [1.54, 1.807) is 0 Å². The molecule has 112 valence electrons. The fourth-order valence-electron chi connectivity index (χ4n) is 2.91. The summed E-state index contributed by atoms with van der Waals surface area (Å²) in [5.41, 5.74) is 8.87. The molecule has 1 heterocycles. The normalized spacial score (nSPS) is 25.6. The Balaban J connectivity index is 2.14. The van der Waals surface area contributed by atoms with Crippen molar-refractivity contribution >= 4 is 5.69 Å². The molecule has 1 fully saturated rings. The first-order valence-electron chi connectivity index (χ1n) is 7.56. The molecule has 3 atom stereocenters. The molecule has 0 aromatic heterocycles. The van der Waals surface area contributed by atoms with Crippen LogP contribution in [0.3, 0.4) is 0 Å². The fraction of sp³-hybridized carbons (Fsp3) is 0.647. The van der Waals surface area contributed by atoms with Crippen molar-refractivity contribution in [3.63, 3.8) is 0 Å². The summed E-state index contributed by atoms with van der Waals surface area (Å²) >= 11 is 0. The van der Waals surface area contributed by atoms with E-state index >= 15 is 0 Å². The summed E-state index contributed by atoms with van der Waals surface area (Å²) in [5.74, 6) is 0.265. The number of piperidine rings is 1. The summed E-state index contributed by atoms with van der Waals surface area (Å²) in [5, 5.41) is 9.83. The monoisotopic (exact) mass is 276 g/mol. The standard InChI is InChI=1S/C17H28N2O/c1-12(20)13-9-15(18)11-19(10-13)16-7-5-14(6-8-16)17(2,3)4/h5-8,12-13,15,20H,9-11,18H2,1-4H3. The van der Waals surface area contributed by atoms with Crippen molar-refractivity contribution in [3.8, 4) is 0 Å². The van der Waals surface area contributed by atoms with Crippen molar-refractivity contribution in [2.24, 2.45) is 11.7 Å². The Hall–Kier alpha value is -1.06. The van der Waals surface area contributed by atoms with Crippen molar-refractivity contribution < 1.29 is 5.11 Å². The number of anilines is 1. The number of hydrogen-bond acceptors (Lipinski definition) is 3. The molecule has 0 radical (unpaired) electrons. The van der Waals surface area contributed by atoms with Crippen LogP contribution in [0.25, 0.3) is 0 Å². The zero-order valence-corrected chi connectivity index (χ0v) is 13.1. The summed E-state index contributed by atoms with van der Waals surface area (Å²) in [6.07, 6.45) is 0.617. The van der Waals surface area contributed by atoms with E-state index in [-0.39, 0.29) is 23.5 Å². The molecule has 1 aromatic rings. The molecular weight excluding hydrogens is 248 g/mol. The van der Waals surface area contributed by atoms with E-state index in [9.17, 15) is 5.11 Å². The van der Waals surface area contributed by atoms with Crippen molar-refractivity contribution in [3.05, 3.63) is 29.8 Å². The lowest BCUT2D eigenvalue weighted by Crippen LogP contribution is -2.49. The van der Waals surface area contributed by atoms with Gasteiger partial charge in [-0.05, 0) is 36.5 Å². The van der Waals surface area contributed by atoms with Gasteiger partial charge in [0.05, 0.1) is 6.10 Å². The minimum absolute atomic E-state index is 0.144. The molecule has 0 spiro atoms. The number of nitrogens with zero attached hydrogens (tertiary/aromatic N) is 1. The fourth-order valence-corrected chi connectivity index (χ4v) is 2.91. The zero-order valence-electron chi connectivity index (χ0n) is 13.1. The van der Waals surface area contributed by atoms with Gasteiger partial charge >= 0.3 is 0 Å². The van der Waals surface area contributed by atoms with E-state index in [2.05, 4.69) is 49.9 Å². The highest BCUT2D eigenvalue weighted by molar-refractivity contribution is 5.49. The number of aliphatic hydroxyl groups excluding tert-OH is 1. The van der Waals surface area contributed by atoms with Gasteiger partial charge in [-0.1, -0.05) is 32.9 Å². The van der Waals surface area contributed by atoms with Crippen molar-refractivity contribution in [1.82, 2.24) is 0 Å². The van der Waals surface area contributed by atoms with Gasteiger partial charge in [-0.15, -0.1) is 0 Å². The summed E-state index contributed by atoms with van der Waals surface area (Å²) in [4.78, 5) is 2.30. The first-order valence-corrected chi connectivity index (χ1v) is 7.56. The zero-order chi connectivity index (χ0) is 14.9. The maximum absolute atomic E-state index is 9.83. The van der Waals surface area contributed by atoms with Gasteiger partial charge in [0.25, 0.3) is 0 Å². The van der Waals surface area contributed by atoms with Crippen LogP contribution in [0.1, 0.15) is 39.7 Å². The molecule has 1 aliphatic heterocycles. The molecule has 3 nitrogen and oxygen atoms in total. The molecular formula is C17H28N2O. The third kappa shape index (κ3) is 3.53. The number of nitrogens with two attached hydrogens (primary N) is 1. The van der Waals surface area contributed by atoms with Gasteiger partial charge in [-0.25, -0.2) is 0 Å². The predicted octanol–water partition coefficient (Wildman–Crippen LogP) is 2.52. The Bertz CT molecular complexity index is 433. The molecule has 0 aliphatic carbocycles. The molecule has 0 bridgehead atoms. The van der Waals surface area contributed by atoms with Crippen LogP contribution in [0.15, 0.2) is 24.3 Å². The van der Waals surface area contributed by atoms with E-state index in [4.69, 9.17) is 5.73 Å². The highest BCUT2D eigenvalue weighted by Gasteiger charge is 2.28. The third-order valence-electron chi connectivity index (χ3n) is 4.30. The Morgan fingerprint density at radius 2 is 1.80 bits per heavy atom. The first-order chi connectivity index (χ1) is 9.27. The van der Waals surface area contributed by atoms with Gasteiger partial charge in [-0.2, -0.15) is 0 Å². The largest absolute Gasteiger partial charge is 0.393 e. The minimum atomic E-state index is -0.294. The Morgan fingerprint density at radius 3 is 2.30 bits per heavy atom. The molecule has 2 rings (SSSR count). The van der Waals surface area contributed by atoms with Gasteiger partial charge < -0.3 is 15.7 Å². The summed E-state index contributed by atoms with van der Waals surface area (Å²) in [6, 6.07) is 8.90. The van der Waals surface area contributed by atoms with Crippen LogP contribution in [-0.4, -0.2) is 30.3 Å². The second-order valence-corrected chi connectivity index (χ2v) is 7.20. The maximum atomic E-state index is 9.83. The SMILES string of the molecule is CC(O)C1CC(N)CN(c2ccc(C(C)(C)C)cc2)C1. The lowest BCUT2D eigenvalue weighted by molar-refractivity contribution is 0.110. The van der Waals surface area contributed by atoms with E-state index in [1.165, 1.54) is 11.3 Å². The van der Waals surface area contributed by atoms with Crippen molar-refractivity contribution in [1.29, 1.82) is 0 Å². The van der Waals surface area contributed by atoms with Crippen LogP contribution < -0.4 is 10.6 Å². The number of rotatable bonds is 2. The quantitative estimate of drug-likeness (QED) is 0.872. The molecule has 3 N–H and O–H groups in total. The highest BCUT2D eigenvalue weighted by atomic mass is 16.3. The summed E-state index contributed by atoms with van der Waals surface area (Å²) in [6.45, 7) is 10.3. The van der Waals surface area contributed by atoms with Gasteiger partial charge in [0.15, 0.2) is 0 Å². The first kappa shape index (κ1) is 15.3. The lowest BCUT2D eigenvalue weighted by atomic mass is 9.86. The summed E-state index contributed by atoms with van der Waals surface area (Å²) in [7, 11) is 0. The van der Waals surface area contributed by atoms with E-state index < -0.39 is 0 Å². The number of hydrogen-bond donors (Lipinski definition) is 2. The third-order valence-corrected chi connectivity index (χ3v) is 4.30. The average Bonchev–Trinajstić information content (AvgIpc) is 2.37. The van der Waals surface area contributed by atoms with Crippen LogP contribution in [-0.2, 0) is 5.41 Å². The maximum Gasteiger partial charge on any atom is 0.0557 e. The molecule has 0 amide bonds. The molecule has 1 aliphatic rings. The van der Waals surface area contributed by atoms with E-state index in [1.807, 2.05) is 6.92 Å². The molecule has 0 saturated carbocycles. The summed E-state index contributed by atoms with van der Waals surface area (Å²) < 4.78 is 0. The molecule has 3 unspecified atom stereocenters. The average molecular weight is 276 g/mol. The Labute approximate surface area is 122 Å². The second kappa shape index (κ2) is 5.74. The van der Waals surface area contributed by atoms with Gasteiger partial charge in [0, 0.05) is 30.7 Å². The molecule has 1 aromatic carbocycles. The lowest BCUT2D eigenvalue weighted by Gasteiger charge is -2.39. The number of benzene rings is 1. The van der Waals surface area contributed by atoms with Crippen LogP contribution in [0.5, 0.6) is 0 Å². The van der Waals surface area contributed by atoms with Crippen molar-refractivity contribution in [2.45, 2.75) is 51.7 Å². The second-order valence-electron chi connectivity index (χ2n) is 7.20. The Morgan fingerprint density at radius 1 is 1.20 bits per heavy atom.